The maximum Gasteiger partial charge on any atom is 0.257 e. The summed E-state index contributed by atoms with van der Waals surface area (Å²) in [6.07, 6.45) is 4.00. The van der Waals surface area contributed by atoms with Crippen molar-refractivity contribution < 1.29 is 9.53 Å². The summed E-state index contributed by atoms with van der Waals surface area (Å²) in [6.45, 7) is 6.70. The number of halogens is 2. The molecule has 0 radical (unpaired) electrons. The smallest absolute Gasteiger partial charge is 0.257 e. The summed E-state index contributed by atoms with van der Waals surface area (Å²) in [5, 5.41) is 3.36. The van der Waals surface area contributed by atoms with E-state index in [0.717, 1.165) is 17.9 Å². The highest BCUT2D eigenvalue weighted by molar-refractivity contribution is 5.97. The zero-order valence-corrected chi connectivity index (χ0v) is 18.1. The Morgan fingerprint density at radius 3 is 2.79 bits per heavy atom. The first-order valence-electron chi connectivity index (χ1n) is 9.29. The van der Waals surface area contributed by atoms with Gasteiger partial charge in [-0.15, -0.1) is 24.8 Å². The van der Waals surface area contributed by atoms with Crippen molar-refractivity contribution in [3.63, 3.8) is 0 Å². The summed E-state index contributed by atoms with van der Waals surface area (Å²) in [7, 11) is 0. The van der Waals surface area contributed by atoms with Gasteiger partial charge >= 0.3 is 0 Å². The molecule has 1 amide bonds. The summed E-state index contributed by atoms with van der Waals surface area (Å²) < 4.78 is 7.98. The van der Waals surface area contributed by atoms with Crippen LogP contribution in [0.5, 0.6) is 5.75 Å². The van der Waals surface area contributed by atoms with Crippen LogP contribution in [-0.4, -0.2) is 45.9 Å². The lowest BCUT2D eigenvalue weighted by Crippen LogP contribution is -2.51. The van der Waals surface area contributed by atoms with E-state index in [1.807, 2.05) is 58.1 Å². The number of hydrogen-bond acceptors (Lipinski definition) is 4. The van der Waals surface area contributed by atoms with Crippen molar-refractivity contribution in [2.45, 2.75) is 26.5 Å². The van der Waals surface area contributed by atoms with Crippen LogP contribution in [0.15, 0.2) is 48.8 Å². The Hall–Kier alpha value is -2.28. The molecule has 0 aliphatic carbocycles. The van der Waals surface area contributed by atoms with Crippen LogP contribution in [0.3, 0.4) is 0 Å². The summed E-state index contributed by atoms with van der Waals surface area (Å²) >= 11 is 0. The first-order valence-corrected chi connectivity index (χ1v) is 9.29. The number of fused-ring (bicyclic) bond motifs is 1. The number of nitrogens with one attached hydrogen (secondary N) is 1. The van der Waals surface area contributed by atoms with Gasteiger partial charge in [-0.2, -0.15) is 0 Å². The van der Waals surface area contributed by atoms with E-state index in [1.54, 1.807) is 0 Å². The summed E-state index contributed by atoms with van der Waals surface area (Å²) in [5.41, 5.74) is 3.50. The Morgan fingerprint density at radius 1 is 1.21 bits per heavy atom. The maximum absolute atomic E-state index is 13.0. The molecular weight excluding hydrogens is 411 g/mol. The molecule has 1 unspecified atom stereocenters. The quantitative estimate of drug-likeness (QED) is 0.679. The first kappa shape index (κ1) is 23.0. The van der Waals surface area contributed by atoms with Crippen molar-refractivity contribution in [1.82, 2.24) is 19.6 Å². The van der Waals surface area contributed by atoms with Crippen molar-refractivity contribution >= 4 is 36.4 Å². The van der Waals surface area contributed by atoms with Gasteiger partial charge in [-0.3, -0.25) is 4.79 Å². The lowest BCUT2D eigenvalue weighted by Gasteiger charge is -2.32. The molecule has 29 heavy (non-hydrogen) atoms. The first-order chi connectivity index (χ1) is 13.1. The fourth-order valence-corrected chi connectivity index (χ4v) is 3.43. The molecule has 1 N–H and O–H groups in total. The van der Waals surface area contributed by atoms with E-state index < -0.39 is 0 Å². The van der Waals surface area contributed by atoms with Crippen LogP contribution >= 0.6 is 24.8 Å². The second-order valence-corrected chi connectivity index (χ2v) is 7.10. The predicted octanol–water partition coefficient (Wildman–Crippen LogP) is 3.50. The number of aromatic nitrogens is 2. The summed E-state index contributed by atoms with van der Waals surface area (Å²) in [5.74, 6) is 0.617. The Balaban J connectivity index is 0.00000150. The van der Waals surface area contributed by atoms with Crippen LogP contribution < -0.4 is 10.1 Å². The van der Waals surface area contributed by atoms with E-state index in [9.17, 15) is 4.79 Å². The third-order valence-corrected chi connectivity index (χ3v) is 4.80. The molecule has 0 spiro atoms. The minimum absolute atomic E-state index is 0. The molecule has 0 saturated carbocycles. The summed E-state index contributed by atoms with van der Waals surface area (Å²) in [6, 6.07) is 11.8. The zero-order valence-electron chi connectivity index (χ0n) is 16.5. The van der Waals surface area contributed by atoms with Crippen LogP contribution in [0.25, 0.3) is 5.65 Å². The molecule has 1 atom stereocenters. The SMILES string of the molecule is Cc1ccc2nc(COc3ccccc3C(=O)N3CCNC(C)C3)cn2c1.Cl.Cl. The van der Waals surface area contributed by atoms with Gasteiger partial charge in [-0.25, -0.2) is 4.98 Å². The van der Waals surface area contributed by atoms with Gasteiger partial charge in [0.1, 0.15) is 18.0 Å². The predicted molar refractivity (Wildman–Crippen MR) is 119 cm³/mol. The van der Waals surface area contributed by atoms with Crippen LogP contribution in [-0.2, 0) is 6.61 Å². The van der Waals surface area contributed by atoms with E-state index in [-0.39, 0.29) is 30.7 Å². The lowest BCUT2D eigenvalue weighted by molar-refractivity contribution is 0.0704. The molecule has 2 aromatic heterocycles. The standard InChI is InChI=1S/C21H24N4O2.2ClH/c1-15-7-8-20-23-17(13-25(20)11-15)14-27-19-6-4-3-5-18(19)21(26)24-10-9-22-16(2)12-24;;/h3-8,11,13,16,22H,9-10,12,14H2,1-2H3;2*1H. The van der Waals surface area contributed by atoms with Gasteiger partial charge in [0.05, 0.1) is 11.3 Å². The second-order valence-electron chi connectivity index (χ2n) is 7.10. The van der Waals surface area contributed by atoms with Gasteiger partial charge in [-0.1, -0.05) is 18.2 Å². The number of carbonyl (C=O) groups excluding carboxylic acids is 1. The van der Waals surface area contributed by atoms with E-state index in [2.05, 4.69) is 24.1 Å². The minimum atomic E-state index is 0. The van der Waals surface area contributed by atoms with E-state index in [4.69, 9.17) is 4.74 Å². The molecule has 1 saturated heterocycles. The van der Waals surface area contributed by atoms with Crippen molar-refractivity contribution in [3.05, 3.63) is 65.6 Å². The van der Waals surface area contributed by atoms with E-state index in [0.29, 0.717) is 37.1 Å². The van der Waals surface area contributed by atoms with Crippen molar-refractivity contribution in [3.8, 4) is 5.75 Å². The Morgan fingerprint density at radius 2 is 2.00 bits per heavy atom. The number of pyridine rings is 1. The Labute approximate surface area is 183 Å². The lowest BCUT2D eigenvalue weighted by atomic mass is 10.1. The fraction of sp³-hybridized carbons (Fsp3) is 0.333. The number of carbonyl (C=O) groups is 1. The number of imidazole rings is 1. The molecule has 8 heteroatoms. The molecule has 0 bridgehead atoms. The van der Waals surface area contributed by atoms with Crippen LogP contribution in [0.1, 0.15) is 28.5 Å². The van der Waals surface area contributed by atoms with E-state index >= 15 is 0 Å². The largest absolute Gasteiger partial charge is 0.486 e. The second kappa shape index (κ2) is 9.96. The molecular formula is C21H26Cl2N4O2. The number of rotatable bonds is 4. The molecule has 3 heterocycles. The van der Waals surface area contributed by atoms with Crippen LogP contribution in [0.4, 0.5) is 0 Å². The number of aryl methyl sites for hydroxylation is 1. The van der Waals surface area contributed by atoms with Gasteiger partial charge in [0.2, 0.25) is 0 Å². The van der Waals surface area contributed by atoms with E-state index in [1.165, 1.54) is 5.56 Å². The van der Waals surface area contributed by atoms with Crippen LogP contribution in [0.2, 0.25) is 0 Å². The molecule has 1 aromatic carbocycles. The average molecular weight is 437 g/mol. The highest BCUT2D eigenvalue weighted by Crippen LogP contribution is 2.22. The molecule has 1 aliphatic rings. The number of para-hydroxylation sites is 1. The molecule has 6 nitrogen and oxygen atoms in total. The van der Waals surface area contributed by atoms with Crippen LogP contribution in [0, 0.1) is 6.92 Å². The number of piperazine rings is 1. The number of ether oxygens (including phenoxy) is 1. The van der Waals surface area contributed by atoms with Gasteiger partial charge in [0.25, 0.3) is 5.91 Å². The highest BCUT2D eigenvalue weighted by Gasteiger charge is 2.24. The third kappa shape index (κ3) is 5.21. The zero-order chi connectivity index (χ0) is 18.8. The fourth-order valence-electron chi connectivity index (χ4n) is 3.43. The minimum Gasteiger partial charge on any atom is -0.486 e. The van der Waals surface area contributed by atoms with Gasteiger partial charge in [-0.05, 0) is 37.6 Å². The highest BCUT2D eigenvalue weighted by atomic mass is 35.5. The molecule has 156 valence electrons. The van der Waals surface area contributed by atoms with Crippen molar-refractivity contribution in [1.29, 1.82) is 0 Å². The number of amides is 1. The number of nitrogens with zero attached hydrogens (tertiary/aromatic N) is 3. The Kier molecular flexibility index (Phi) is 7.90. The summed E-state index contributed by atoms with van der Waals surface area (Å²) in [4.78, 5) is 19.4. The third-order valence-electron chi connectivity index (χ3n) is 4.80. The van der Waals surface area contributed by atoms with Gasteiger partial charge in [0, 0.05) is 38.1 Å². The maximum atomic E-state index is 13.0. The monoisotopic (exact) mass is 436 g/mol. The average Bonchev–Trinajstić information content (AvgIpc) is 3.08. The number of hydrogen-bond donors (Lipinski definition) is 1. The molecule has 1 fully saturated rings. The normalized spacial score (nSPS) is 16.1. The van der Waals surface area contributed by atoms with Crippen molar-refractivity contribution in [2.24, 2.45) is 0 Å². The van der Waals surface area contributed by atoms with Crippen molar-refractivity contribution in [2.75, 3.05) is 19.6 Å². The number of benzene rings is 1. The van der Waals surface area contributed by atoms with Gasteiger partial charge < -0.3 is 19.4 Å². The molecule has 3 aromatic rings. The molecule has 1 aliphatic heterocycles. The molecule has 4 rings (SSSR count). The van der Waals surface area contributed by atoms with Gasteiger partial charge in [0.15, 0.2) is 0 Å². The Bertz CT molecular complexity index is 976. The topological polar surface area (TPSA) is 58.9 Å².